The van der Waals surface area contributed by atoms with Gasteiger partial charge >= 0.3 is 12.0 Å². The van der Waals surface area contributed by atoms with E-state index in [2.05, 4.69) is 21.8 Å². The fraction of sp³-hybridized carbons (Fsp3) is 0.300. The van der Waals surface area contributed by atoms with Crippen LogP contribution in [-0.4, -0.2) is 35.3 Å². The quantitative estimate of drug-likeness (QED) is 0.742. The molecule has 1 N–H and O–H groups in total. The molecule has 0 atom stereocenters. The Balaban J connectivity index is 2.94. The highest BCUT2D eigenvalue weighted by molar-refractivity contribution is 5.70. The third-order valence-electron chi connectivity index (χ3n) is 1.57. The largest absolute Gasteiger partial charge is 0.481 e. The van der Waals surface area contributed by atoms with E-state index in [4.69, 9.17) is 14.6 Å². The summed E-state index contributed by atoms with van der Waals surface area (Å²) in [4.78, 5) is 18.0. The molecule has 1 heterocycles. The summed E-state index contributed by atoms with van der Waals surface area (Å²) in [5, 5.41) is 8.42. The number of nitrogens with zero attached hydrogens (tertiary/aromatic N) is 2. The van der Waals surface area contributed by atoms with Crippen molar-refractivity contribution in [2.45, 2.75) is 6.42 Å². The maximum Gasteiger partial charge on any atom is 0.319 e. The summed E-state index contributed by atoms with van der Waals surface area (Å²) in [6.45, 7) is 0. The van der Waals surface area contributed by atoms with E-state index in [1.54, 1.807) is 0 Å². The van der Waals surface area contributed by atoms with Crippen LogP contribution in [0, 0.1) is 11.8 Å². The zero-order valence-electron chi connectivity index (χ0n) is 8.85. The van der Waals surface area contributed by atoms with E-state index in [9.17, 15) is 4.79 Å². The van der Waals surface area contributed by atoms with Crippen molar-refractivity contribution in [1.29, 1.82) is 0 Å². The Morgan fingerprint density at radius 2 is 2.25 bits per heavy atom. The average Bonchev–Trinajstić information content (AvgIpc) is 2.29. The van der Waals surface area contributed by atoms with Crippen LogP contribution in [0.4, 0.5) is 0 Å². The first kappa shape index (κ1) is 11.8. The van der Waals surface area contributed by atoms with Gasteiger partial charge in [0.15, 0.2) is 0 Å². The first-order chi connectivity index (χ1) is 7.67. The van der Waals surface area contributed by atoms with E-state index in [0.29, 0.717) is 5.56 Å². The lowest BCUT2D eigenvalue weighted by Crippen LogP contribution is -1.98. The Labute approximate surface area is 92.2 Å². The summed E-state index contributed by atoms with van der Waals surface area (Å²) < 4.78 is 9.77. The predicted molar refractivity (Wildman–Crippen MR) is 54.3 cm³/mol. The van der Waals surface area contributed by atoms with Crippen molar-refractivity contribution in [3.05, 3.63) is 11.8 Å². The average molecular weight is 222 g/mol. The van der Waals surface area contributed by atoms with Crippen molar-refractivity contribution in [3.63, 3.8) is 0 Å². The van der Waals surface area contributed by atoms with E-state index in [0.717, 1.165) is 0 Å². The second kappa shape index (κ2) is 5.56. The Hall–Kier alpha value is -2.29. The molecule has 1 aromatic rings. The molecule has 0 fully saturated rings. The Kier molecular flexibility index (Phi) is 4.09. The minimum Gasteiger partial charge on any atom is -0.481 e. The van der Waals surface area contributed by atoms with Crippen molar-refractivity contribution in [2.75, 3.05) is 14.2 Å². The molecule has 0 aliphatic rings. The smallest absolute Gasteiger partial charge is 0.319 e. The van der Waals surface area contributed by atoms with Crippen LogP contribution in [0.15, 0.2) is 6.20 Å². The fourth-order valence-electron chi connectivity index (χ4n) is 0.906. The number of carboxylic acids is 1. The standard InChI is InChI=1S/C10H10N2O4/c1-15-9-7(4-3-5-8(13)14)6-11-10(12-9)16-2/h6H,5H2,1-2H3,(H,13,14). The lowest BCUT2D eigenvalue weighted by molar-refractivity contribution is -0.135. The molecule has 6 nitrogen and oxygen atoms in total. The van der Waals surface area contributed by atoms with Crippen LogP contribution in [0.2, 0.25) is 0 Å². The highest BCUT2D eigenvalue weighted by Gasteiger charge is 2.05. The summed E-state index contributed by atoms with van der Waals surface area (Å²) in [5.41, 5.74) is 0.421. The molecule has 0 aliphatic carbocycles. The van der Waals surface area contributed by atoms with Gasteiger partial charge in [-0.2, -0.15) is 4.98 Å². The Bertz CT molecular complexity index is 448. The zero-order valence-corrected chi connectivity index (χ0v) is 8.85. The Morgan fingerprint density at radius 3 is 2.81 bits per heavy atom. The van der Waals surface area contributed by atoms with Gasteiger partial charge in [-0.05, 0) is 0 Å². The molecule has 1 aromatic heterocycles. The van der Waals surface area contributed by atoms with Crippen LogP contribution >= 0.6 is 0 Å². The van der Waals surface area contributed by atoms with Gasteiger partial charge in [-0.1, -0.05) is 11.8 Å². The zero-order chi connectivity index (χ0) is 12.0. The van der Waals surface area contributed by atoms with Crippen LogP contribution in [0.5, 0.6) is 11.9 Å². The maximum absolute atomic E-state index is 10.3. The SMILES string of the molecule is COc1ncc(C#CCC(=O)O)c(OC)n1. The minimum absolute atomic E-state index is 0.167. The number of carbonyl (C=O) groups is 1. The summed E-state index contributed by atoms with van der Waals surface area (Å²) in [5.74, 6) is 4.34. The monoisotopic (exact) mass is 222 g/mol. The Morgan fingerprint density at radius 1 is 1.50 bits per heavy atom. The molecule has 1 rings (SSSR count). The van der Waals surface area contributed by atoms with Crippen LogP contribution in [0.1, 0.15) is 12.0 Å². The van der Waals surface area contributed by atoms with Crippen molar-refractivity contribution < 1.29 is 19.4 Å². The highest BCUT2D eigenvalue weighted by atomic mass is 16.5. The van der Waals surface area contributed by atoms with Crippen LogP contribution < -0.4 is 9.47 Å². The van der Waals surface area contributed by atoms with Crippen LogP contribution in [0.25, 0.3) is 0 Å². The topological polar surface area (TPSA) is 81.5 Å². The molecule has 0 aromatic carbocycles. The molecular weight excluding hydrogens is 212 g/mol. The minimum atomic E-state index is -0.985. The summed E-state index contributed by atoms with van der Waals surface area (Å²) in [7, 11) is 2.87. The second-order valence-corrected chi connectivity index (χ2v) is 2.65. The van der Waals surface area contributed by atoms with E-state index < -0.39 is 5.97 Å². The van der Waals surface area contributed by atoms with Crippen LogP contribution in [-0.2, 0) is 4.79 Å². The van der Waals surface area contributed by atoms with Gasteiger partial charge < -0.3 is 14.6 Å². The molecule has 84 valence electrons. The summed E-state index contributed by atoms with van der Waals surface area (Å²) >= 11 is 0. The molecule has 0 saturated heterocycles. The molecule has 0 bridgehead atoms. The first-order valence-corrected chi connectivity index (χ1v) is 4.33. The van der Waals surface area contributed by atoms with E-state index >= 15 is 0 Å². The van der Waals surface area contributed by atoms with Gasteiger partial charge in [-0.3, -0.25) is 4.79 Å². The third-order valence-corrected chi connectivity index (χ3v) is 1.57. The number of carboxylic acid groups (broad SMARTS) is 1. The number of methoxy groups -OCH3 is 2. The lowest BCUT2D eigenvalue weighted by Gasteiger charge is -2.02. The number of aliphatic carboxylic acids is 1. The van der Waals surface area contributed by atoms with Gasteiger partial charge in [0.1, 0.15) is 12.0 Å². The van der Waals surface area contributed by atoms with Gasteiger partial charge in [-0.15, -0.1) is 0 Å². The molecule has 0 amide bonds. The van der Waals surface area contributed by atoms with Crippen molar-refractivity contribution >= 4 is 5.97 Å². The number of hydrogen-bond donors (Lipinski definition) is 1. The number of hydrogen-bond acceptors (Lipinski definition) is 5. The number of ether oxygens (including phenoxy) is 2. The van der Waals surface area contributed by atoms with Gasteiger partial charge in [0.05, 0.1) is 20.4 Å². The van der Waals surface area contributed by atoms with Crippen molar-refractivity contribution in [3.8, 4) is 23.7 Å². The van der Waals surface area contributed by atoms with E-state index in [-0.39, 0.29) is 18.3 Å². The van der Waals surface area contributed by atoms with Crippen molar-refractivity contribution in [2.24, 2.45) is 0 Å². The van der Waals surface area contributed by atoms with Gasteiger partial charge in [0, 0.05) is 0 Å². The van der Waals surface area contributed by atoms with Crippen LogP contribution in [0.3, 0.4) is 0 Å². The maximum atomic E-state index is 10.3. The first-order valence-electron chi connectivity index (χ1n) is 4.33. The molecule has 16 heavy (non-hydrogen) atoms. The molecule has 0 radical (unpaired) electrons. The molecule has 6 heteroatoms. The summed E-state index contributed by atoms with van der Waals surface area (Å²) in [6.07, 6.45) is 1.18. The summed E-state index contributed by atoms with van der Waals surface area (Å²) in [6, 6.07) is 0.167. The van der Waals surface area contributed by atoms with Gasteiger partial charge in [-0.25, -0.2) is 4.98 Å². The van der Waals surface area contributed by atoms with Crippen molar-refractivity contribution in [1.82, 2.24) is 9.97 Å². The fourth-order valence-corrected chi connectivity index (χ4v) is 0.906. The highest BCUT2D eigenvalue weighted by Crippen LogP contribution is 2.15. The van der Waals surface area contributed by atoms with E-state index in [1.165, 1.54) is 20.4 Å². The van der Waals surface area contributed by atoms with Gasteiger partial charge in [0.25, 0.3) is 0 Å². The molecular formula is C10H10N2O4. The van der Waals surface area contributed by atoms with E-state index in [1.807, 2.05) is 0 Å². The molecule has 0 aliphatic heterocycles. The molecule has 0 spiro atoms. The molecule has 0 unspecified atom stereocenters. The third kappa shape index (κ3) is 3.13. The number of aromatic nitrogens is 2. The predicted octanol–water partition coefficient (Wildman–Crippen LogP) is 0.320. The van der Waals surface area contributed by atoms with Gasteiger partial charge in [0.2, 0.25) is 5.88 Å². The lowest BCUT2D eigenvalue weighted by atomic mass is 10.3. The molecule has 0 saturated carbocycles. The number of rotatable bonds is 3. The normalized spacial score (nSPS) is 8.88. The second-order valence-electron chi connectivity index (χ2n) is 2.65.